The normalized spacial score (nSPS) is 17.6. The molecule has 3 aliphatic rings. The number of anilines is 1. The van der Waals surface area contributed by atoms with Crippen molar-refractivity contribution in [2.75, 3.05) is 18.4 Å². The highest BCUT2D eigenvalue weighted by Gasteiger charge is 2.42. The summed E-state index contributed by atoms with van der Waals surface area (Å²) in [4.78, 5) is 37.7. The van der Waals surface area contributed by atoms with Crippen LogP contribution in [0.4, 0.5) is 9.52 Å². The molecule has 204 valence electrons. The lowest BCUT2D eigenvalue weighted by atomic mass is 9.89. The summed E-state index contributed by atoms with van der Waals surface area (Å²) in [6.45, 7) is 2.86. The number of amides is 2. The van der Waals surface area contributed by atoms with Crippen molar-refractivity contribution in [1.29, 1.82) is 0 Å². The van der Waals surface area contributed by atoms with Crippen molar-refractivity contribution < 1.29 is 14.0 Å². The number of piperidine rings is 1. The zero-order valence-electron chi connectivity index (χ0n) is 21.9. The highest BCUT2D eigenvalue weighted by molar-refractivity contribution is 7.13. The Bertz CT molecular complexity index is 1580. The summed E-state index contributed by atoms with van der Waals surface area (Å²) in [6.07, 6.45) is 7.27. The predicted octanol–water partition coefficient (Wildman–Crippen LogP) is 4.89. The van der Waals surface area contributed by atoms with Gasteiger partial charge in [-0.25, -0.2) is 14.4 Å². The van der Waals surface area contributed by atoms with Crippen LogP contribution in [0.3, 0.4) is 0 Å². The Balaban J connectivity index is 1.20. The van der Waals surface area contributed by atoms with Gasteiger partial charge in [0.2, 0.25) is 0 Å². The van der Waals surface area contributed by atoms with E-state index in [9.17, 15) is 9.59 Å². The molecule has 8 nitrogen and oxygen atoms in total. The highest BCUT2D eigenvalue weighted by Crippen LogP contribution is 2.38. The molecule has 2 N–H and O–H groups in total. The van der Waals surface area contributed by atoms with Crippen LogP contribution in [0.15, 0.2) is 54.3 Å². The fourth-order valence-corrected chi connectivity index (χ4v) is 6.80. The standard InChI is InChI=1S/C30H29FN6O2S/c31-24-15-21(19-5-3-18(4-6-19)20-7-9-32-10-8-20)14-22-23(24)16-37(29(22)39)27(28(38)35-30-33-11-13-40-30)26-25-2-1-12-36(25)17-34-26/h3-6,11,13-15,17,20,27,32H,1-2,7-10,12,16H2,(H,33,35,38). The minimum Gasteiger partial charge on any atom is -0.334 e. The van der Waals surface area contributed by atoms with E-state index in [1.807, 2.05) is 16.7 Å². The maximum atomic E-state index is 15.6. The van der Waals surface area contributed by atoms with E-state index in [1.165, 1.54) is 27.9 Å². The van der Waals surface area contributed by atoms with E-state index >= 15 is 4.39 Å². The van der Waals surface area contributed by atoms with E-state index in [1.54, 1.807) is 24.0 Å². The lowest BCUT2D eigenvalue weighted by molar-refractivity contribution is -0.121. The Morgan fingerprint density at radius 1 is 1.12 bits per heavy atom. The molecule has 1 saturated heterocycles. The highest BCUT2D eigenvalue weighted by atomic mass is 32.1. The fraction of sp³-hybridized carbons (Fsp3) is 0.333. The number of nitrogens with zero attached hydrogens (tertiary/aromatic N) is 4. The van der Waals surface area contributed by atoms with Crippen molar-refractivity contribution in [3.63, 3.8) is 0 Å². The first-order chi connectivity index (χ1) is 19.6. The largest absolute Gasteiger partial charge is 0.334 e. The predicted molar refractivity (Wildman–Crippen MR) is 151 cm³/mol. The molecule has 5 heterocycles. The Labute approximate surface area is 235 Å². The maximum absolute atomic E-state index is 15.6. The number of imidazole rings is 1. The number of nitrogens with one attached hydrogen (secondary N) is 2. The zero-order chi connectivity index (χ0) is 27.2. The van der Waals surface area contributed by atoms with E-state index in [2.05, 4.69) is 32.7 Å². The molecule has 0 spiro atoms. The molecule has 0 radical (unpaired) electrons. The van der Waals surface area contributed by atoms with Crippen molar-refractivity contribution in [3.8, 4) is 11.1 Å². The molecule has 4 aromatic rings. The van der Waals surface area contributed by atoms with Gasteiger partial charge in [-0.1, -0.05) is 24.3 Å². The van der Waals surface area contributed by atoms with Crippen LogP contribution in [0.1, 0.15) is 64.1 Å². The molecule has 0 saturated carbocycles. The van der Waals surface area contributed by atoms with Crippen LogP contribution in [0.2, 0.25) is 0 Å². The van der Waals surface area contributed by atoms with Crippen molar-refractivity contribution in [1.82, 2.24) is 24.8 Å². The quantitative estimate of drug-likeness (QED) is 0.353. The third-order valence-electron chi connectivity index (χ3n) is 8.34. The van der Waals surface area contributed by atoms with Gasteiger partial charge < -0.3 is 14.8 Å². The second kappa shape index (κ2) is 10.3. The zero-order valence-corrected chi connectivity index (χ0v) is 22.7. The molecule has 1 unspecified atom stereocenters. The summed E-state index contributed by atoms with van der Waals surface area (Å²) >= 11 is 1.30. The van der Waals surface area contributed by atoms with Gasteiger partial charge in [-0.2, -0.15) is 0 Å². The van der Waals surface area contributed by atoms with Gasteiger partial charge in [0.15, 0.2) is 11.2 Å². The van der Waals surface area contributed by atoms with E-state index in [0.717, 1.165) is 56.6 Å². The van der Waals surface area contributed by atoms with E-state index in [-0.39, 0.29) is 12.5 Å². The fourth-order valence-electron chi connectivity index (χ4n) is 6.27. The first-order valence-electron chi connectivity index (χ1n) is 13.8. The van der Waals surface area contributed by atoms with Crippen LogP contribution in [-0.2, 0) is 24.3 Å². The molecule has 2 aromatic carbocycles. The number of carbonyl (C=O) groups excluding carboxylic acids is 2. The minimum atomic E-state index is -0.995. The molecular formula is C30H29FN6O2S. The van der Waals surface area contributed by atoms with Crippen LogP contribution in [0.5, 0.6) is 0 Å². The Hall–Kier alpha value is -3.89. The van der Waals surface area contributed by atoms with Gasteiger partial charge >= 0.3 is 0 Å². The maximum Gasteiger partial charge on any atom is 0.255 e. The summed E-state index contributed by atoms with van der Waals surface area (Å²) in [5.74, 6) is -0.696. The Morgan fingerprint density at radius 3 is 2.73 bits per heavy atom. The van der Waals surface area contributed by atoms with Crippen LogP contribution < -0.4 is 10.6 Å². The van der Waals surface area contributed by atoms with Gasteiger partial charge in [-0.3, -0.25) is 14.9 Å². The monoisotopic (exact) mass is 556 g/mol. The topological polar surface area (TPSA) is 92.2 Å². The lowest BCUT2D eigenvalue weighted by Gasteiger charge is -2.26. The average Bonchev–Trinajstić information content (AvgIpc) is 3.78. The van der Waals surface area contributed by atoms with Crippen LogP contribution in [-0.4, -0.2) is 44.3 Å². The number of hydrogen-bond donors (Lipinski definition) is 2. The summed E-state index contributed by atoms with van der Waals surface area (Å²) in [5.41, 5.74) is 4.88. The van der Waals surface area contributed by atoms with Gasteiger partial charge in [-0.15, -0.1) is 11.3 Å². The number of aryl methyl sites for hydroxylation is 1. The van der Waals surface area contributed by atoms with Crippen LogP contribution in [0.25, 0.3) is 11.1 Å². The van der Waals surface area contributed by atoms with Gasteiger partial charge in [0.05, 0.1) is 18.6 Å². The number of fused-ring (bicyclic) bond motifs is 2. The minimum absolute atomic E-state index is 0.00279. The average molecular weight is 557 g/mol. The second-order valence-corrected chi connectivity index (χ2v) is 11.6. The van der Waals surface area contributed by atoms with Gasteiger partial charge in [0.25, 0.3) is 11.8 Å². The van der Waals surface area contributed by atoms with Crippen LogP contribution >= 0.6 is 11.3 Å². The summed E-state index contributed by atoms with van der Waals surface area (Å²) in [6, 6.07) is 10.5. The summed E-state index contributed by atoms with van der Waals surface area (Å²) in [7, 11) is 0. The second-order valence-electron chi connectivity index (χ2n) is 10.7. The summed E-state index contributed by atoms with van der Waals surface area (Å²) in [5, 5.41) is 8.44. The van der Waals surface area contributed by atoms with Gasteiger partial charge in [0, 0.05) is 34.9 Å². The molecule has 10 heteroatoms. The third kappa shape index (κ3) is 4.41. The van der Waals surface area contributed by atoms with Crippen molar-refractivity contribution in [3.05, 3.63) is 88.2 Å². The van der Waals surface area contributed by atoms with Crippen molar-refractivity contribution >= 4 is 28.3 Å². The lowest BCUT2D eigenvalue weighted by Crippen LogP contribution is -2.38. The molecule has 2 aromatic heterocycles. The number of benzene rings is 2. The molecule has 0 bridgehead atoms. The molecule has 1 fully saturated rings. The van der Waals surface area contributed by atoms with Crippen LogP contribution in [0, 0.1) is 5.82 Å². The first-order valence-corrected chi connectivity index (χ1v) is 14.6. The van der Waals surface area contributed by atoms with Gasteiger partial charge in [-0.05, 0) is 73.5 Å². The molecule has 2 amide bonds. The Morgan fingerprint density at radius 2 is 1.95 bits per heavy atom. The van der Waals surface area contributed by atoms with Crippen molar-refractivity contribution in [2.45, 2.75) is 50.7 Å². The number of hydrogen-bond acceptors (Lipinski definition) is 6. The number of carbonyl (C=O) groups is 2. The SMILES string of the molecule is O=C(Nc1nccs1)C(c1ncn2c1CCC2)N1Cc2c(F)cc(-c3ccc(C4CCNCC4)cc3)cc2C1=O. The van der Waals surface area contributed by atoms with E-state index in [0.29, 0.717) is 33.4 Å². The molecule has 40 heavy (non-hydrogen) atoms. The Kier molecular flexibility index (Phi) is 6.44. The van der Waals surface area contributed by atoms with E-state index < -0.39 is 17.8 Å². The van der Waals surface area contributed by atoms with Crippen molar-refractivity contribution in [2.24, 2.45) is 0 Å². The van der Waals surface area contributed by atoms with E-state index in [4.69, 9.17) is 0 Å². The number of halogens is 1. The number of thiazole rings is 1. The van der Waals surface area contributed by atoms with Gasteiger partial charge in [0.1, 0.15) is 5.82 Å². The smallest absolute Gasteiger partial charge is 0.255 e. The molecule has 0 aliphatic carbocycles. The molecule has 3 aliphatic heterocycles. The first kappa shape index (κ1) is 25.1. The third-order valence-corrected chi connectivity index (χ3v) is 9.03. The number of rotatable bonds is 6. The molecule has 1 atom stereocenters. The number of aromatic nitrogens is 3. The summed E-state index contributed by atoms with van der Waals surface area (Å²) < 4.78 is 17.6. The molecule has 7 rings (SSSR count). The molecular weight excluding hydrogens is 527 g/mol.